The molecule has 6 rings (SSSR count). The fraction of sp³-hybridized carbons (Fsp3) is 0.182. The van der Waals surface area contributed by atoms with E-state index in [9.17, 15) is 5.11 Å². The highest BCUT2D eigenvalue weighted by Gasteiger charge is 2.36. The number of aromatic nitrogens is 4. The highest BCUT2D eigenvalue weighted by Crippen LogP contribution is 2.34. The van der Waals surface area contributed by atoms with Crippen LogP contribution in [0.15, 0.2) is 103 Å². The molecular weight excluding hydrogens is 495 g/mol. The molecule has 0 saturated heterocycles. The van der Waals surface area contributed by atoms with Gasteiger partial charge in [0.2, 0.25) is 0 Å². The number of nitrogens with zero attached hydrogens (tertiary/aromatic N) is 4. The lowest BCUT2D eigenvalue weighted by molar-refractivity contribution is -0.0894. The van der Waals surface area contributed by atoms with E-state index in [1.807, 2.05) is 50.2 Å². The minimum absolute atomic E-state index is 0.382. The second-order valence-electron chi connectivity index (χ2n) is 10.9. The summed E-state index contributed by atoms with van der Waals surface area (Å²) in [5, 5.41) is 12.8. The van der Waals surface area contributed by atoms with Crippen LogP contribution in [0, 0.1) is 0 Å². The van der Waals surface area contributed by atoms with Crippen LogP contribution in [0.3, 0.4) is 0 Å². The average Bonchev–Trinajstić information content (AvgIpc) is 3.30. The molecule has 0 bridgehead atoms. The van der Waals surface area contributed by atoms with E-state index in [0.29, 0.717) is 17.4 Å². The Balaban J connectivity index is 1.49. The summed E-state index contributed by atoms with van der Waals surface area (Å²) in [7, 11) is 1.51. The minimum atomic E-state index is -1.07. The van der Waals surface area contributed by atoms with Crippen LogP contribution in [0.1, 0.15) is 27.7 Å². The number of benzene rings is 4. The number of hydrogen-bond acceptors (Lipinski definition) is 5. The molecule has 0 aliphatic heterocycles. The first-order valence-corrected chi connectivity index (χ1v) is 13.4. The molecule has 6 nitrogen and oxygen atoms in total. The first-order chi connectivity index (χ1) is 19.2. The topological polar surface area (TPSA) is 73.1 Å². The molecule has 2 heterocycles. The third-order valence-electron chi connectivity index (χ3n) is 7.56. The summed E-state index contributed by atoms with van der Waals surface area (Å²) >= 11 is 0. The van der Waals surface area contributed by atoms with Crippen LogP contribution in [0.2, 0.25) is 0 Å². The fourth-order valence-corrected chi connectivity index (χ4v) is 4.60. The van der Waals surface area contributed by atoms with Crippen molar-refractivity contribution in [2.24, 2.45) is 0 Å². The van der Waals surface area contributed by atoms with Gasteiger partial charge in [0.15, 0.2) is 11.6 Å². The van der Waals surface area contributed by atoms with Gasteiger partial charge in [0.25, 0.3) is 0 Å². The Morgan fingerprint density at radius 3 is 1.95 bits per heavy atom. The van der Waals surface area contributed by atoms with Crippen LogP contribution in [-0.4, -0.2) is 43.3 Å². The molecule has 40 heavy (non-hydrogen) atoms. The summed E-state index contributed by atoms with van der Waals surface area (Å²) < 4.78 is 8.29. The van der Waals surface area contributed by atoms with Gasteiger partial charge in [-0.1, -0.05) is 66.7 Å². The summed E-state index contributed by atoms with van der Waals surface area (Å²) in [6.07, 6.45) is 0. The molecule has 0 aliphatic carbocycles. The van der Waals surface area contributed by atoms with E-state index in [4.69, 9.17) is 14.6 Å². The van der Waals surface area contributed by atoms with Crippen molar-refractivity contribution in [2.45, 2.75) is 38.9 Å². The zero-order valence-corrected chi connectivity index (χ0v) is 23.0. The normalized spacial score (nSPS) is 12.2. The maximum absolute atomic E-state index is 10.6. The maximum Gasteiger partial charge on any atom is 0.379 e. The van der Waals surface area contributed by atoms with Crippen molar-refractivity contribution >= 4 is 35.0 Å². The lowest BCUT2D eigenvalue weighted by atomic mass is 9.86. The maximum atomic E-state index is 10.6. The summed E-state index contributed by atoms with van der Waals surface area (Å²) in [5.41, 5.74) is 3.56. The van der Waals surface area contributed by atoms with Crippen molar-refractivity contribution in [3.8, 4) is 28.5 Å². The van der Waals surface area contributed by atoms with Crippen LogP contribution < -0.4 is 5.72 Å². The lowest BCUT2D eigenvalue weighted by Gasteiger charge is -2.37. The Labute approximate surface area is 234 Å². The molecule has 6 aromatic rings. The zero-order valence-electron chi connectivity index (χ0n) is 23.0. The van der Waals surface area contributed by atoms with Crippen LogP contribution in [0.5, 0.6) is 0 Å². The zero-order chi connectivity index (χ0) is 27.9. The van der Waals surface area contributed by atoms with E-state index < -0.39 is 11.2 Å². The Morgan fingerprint density at radius 1 is 0.650 bits per heavy atom. The van der Waals surface area contributed by atoms with Gasteiger partial charge in [0.1, 0.15) is 5.72 Å². The molecule has 0 atom stereocenters. The molecule has 0 fully saturated rings. The number of hydrogen-bond donors (Lipinski definition) is 1. The second kappa shape index (κ2) is 10.0. The molecule has 197 valence electrons. The first kappa shape index (κ1) is 25.9. The standard InChI is InChI=1S/C33H30BN4O2/c1-32(2,39)33(3,4)40-34-31-36-29(22-13-7-5-8-14-22)35-30(37-31)23-19-20-28-26(21-23)25-17-11-12-18-27(25)38(28)24-15-9-6-10-16-24/h5-21,39H,1-4H3. The summed E-state index contributed by atoms with van der Waals surface area (Å²) in [4.78, 5) is 14.3. The number of rotatable bonds is 7. The highest BCUT2D eigenvalue weighted by atomic mass is 16.5. The molecular formula is C33H30BN4O2. The first-order valence-electron chi connectivity index (χ1n) is 13.4. The van der Waals surface area contributed by atoms with E-state index in [-0.39, 0.29) is 0 Å². The predicted molar refractivity (Wildman–Crippen MR) is 162 cm³/mol. The third-order valence-corrected chi connectivity index (χ3v) is 7.56. The van der Waals surface area contributed by atoms with Gasteiger partial charge in [-0.15, -0.1) is 0 Å². The molecule has 2 aromatic heterocycles. The average molecular weight is 525 g/mol. The molecule has 1 N–H and O–H groups in total. The van der Waals surface area contributed by atoms with Crippen molar-refractivity contribution < 1.29 is 9.76 Å². The Bertz CT molecular complexity index is 1810. The van der Waals surface area contributed by atoms with Crippen molar-refractivity contribution in [1.29, 1.82) is 0 Å². The number of aliphatic hydroxyl groups is 1. The van der Waals surface area contributed by atoms with Gasteiger partial charge in [0.05, 0.1) is 22.2 Å². The van der Waals surface area contributed by atoms with Gasteiger partial charge in [-0.25, -0.2) is 15.0 Å². The largest absolute Gasteiger partial charge is 0.424 e. The quantitative estimate of drug-likeness (QED) is 0.255. The van der Waals surface area contributed by atoms with E-state index in [2.05, 4.69) is 76.3 Å². The SMILES string of the molecule is CC(C)(O)C(C)(C)O[B]c1nc(-c2ccccc2)nc(-c2ccc3c(c2)c2ccccc2n3-c2ccccc2)n1. The molecule has 0 unspecified atom stereocenters. The lowest BCUT2D eigenvalue weighted by Crippen LogP contribution is -2.49. The van der Waals surface area contributed by atoms with Crippen LogP contribution in [0.4, 0.5) is 0 Å². The van der Waals surface area contributed by atoms with Crippen LogP contribution in [0.25, 0.3) is 50.3 Å². The van der Waals surface area contributed by atoms with E-state index in [1.165, 1.54) is 7.48 Å². The molecule has 7 heteroatoms. The highest BCUT2D eigenvalue weighted by molar-refractivity contribution is 6.44. The van der Waals surface area contributed by atoms with Gasteiger partial charge >= 0.3 is 7.48 Å². The van der Waals surface area contributed by atoms with Gasteiger partial charge in [-0.3, -0.25) is 0 Å². The fourth-order valence-electron chi connectivity index (χ4n) is 4.60. The van der Waals surface area contributed by atoms with Crippen molar-refractivity contribution in [3.63, 3.8) is 0 Å². The molecule has 4 aromatic carbocycles. The molecule has 0 aliphatic rings. The predicted octanol–water partition coefficient (Wildman–Crippen LogP) is 6.11. The van der Waals surface area contributed by atoms with Gasteiger partial charge in [-0.05, 0) is 64.1 Å². The van der Waals surface area contributed by atoms with Gasteiger partial charge in [-0.2, -0.15) is 0 Å². The summed E-state index contributed by atoms with van der Waals surface area (Å²) in [6.45, 7) is 7.10. The Hall–Kier alpha value is -4.33. The van der Waals surface area contributed by atoms with Crippen molar-refractivity contribution in [1.82, 2.24) is 19.5 Å². The Kier molecular flexibility index (Phi) is 6.49. The smallest absolute Gasteiger partial charge is 0.379 e. The summed E-state index contributed by atoms with van der Waals surface area (Å²) in [6, 6.07) is 35.0. The van der Waals surface area contributed by atoms with Crippen LogP contribution in [-0.2, 0) is 4.65 Å². The molecule has 0 spiro atoms. The molecule has 0 saturated carbocycles. The van der Waals surface area contributed by atoms with E-state index >= 15 is 0 Å². The second-order valence-corrected chi connectivity index (χ2v) is 10.9. The monoisotopic (exact) mass is 525 g/mol. The van der Waals surface area contributed by atoms with E-state index in [0.717, 1.165) is 38.6 Å². The van der Waals surface area contributed by atoms with E-state index in [1.54, 1.807) is 13.8 Å². The van der Waals surface area contributed by atoms with Crippen molar-refractivity contribution in [3.05, 3.63) is 103 Å². The van der Waals surface area contributed by atoms with Gasteiger partial charge in [0, 0.05) is 27.6 Å². The molecule has 0 amide bonds. The van der Waals surface area contributed by atoms with Gasteiger partial charge < -0.3 is 14.3 Å². The van der Waals surface area contributed by atoms with Crippen LogP contribution >= 0.6 is 0 Å². The number of para-hydroxylation sites is 2. The third kappa shape index (κ3) is 4.79. The Morgan fingerprint density at radius 2 is 1.25 bits per heavy atom. The minimum Gasteiger partial charge on any atom is -0.424 e. The number of fused-ring (bicyclic) bond motifs is 3. The molecule has 1 radical (unpaired) electrons. The summed E-state index contributed by atoms with van der Waals surface area (Å²) in [5.74, 6) is 1.09. The van der Waals surface area contributed by atoms with Crippen molar-refractivity contribution in [2.75, 3.05) is 0 Å².